The van der Waals surface area contributed by atoms with Crippen molar-refractivity contribution in [3.63, 3.8) is 0 Å². The van der Waals surface area contributed by atoms with Crippen molar-refractivity contribution in [2.24, 2.45) is 0 Å². The number of hydrogen-bond donors (Lipinski definition) is 1. The molecule has 0 aliphatic carbocycles. The average Bonchev–Trinajstić information content (AvgIpc) is 2.54. The largest absolute Gasteiger partial charge is 0.384 e. The summed E-state index contributed by atoms with van der Waals surface area (Å²) in [7, 11) is -5.16. The van der Waals surface area contributed by atoms with Crippen LogP contribution in [0.5, 0.6) is 0 Å². The summed E-state index contributed by atoms with van der Waals surface area (Å²) in [5.41, 5.74) is 5.53. The zero-order chi connectivity index (χ0) is 18.5. The van der Waals surface area contributed by atoms with Gasteiger partial charge in [-0.1, -0.05) is 19.6 Å². The van der Waals surface area contributed by atoms with Gasteiger partial charge in [-0.3, -0.25) is 4.98 Å². The first-order valence-electron chi connectivity index (χ1n) is 7.78. The molecular formula is C15H23N5O3SSi. The van der Waals surface area contributed by atoms with Crippen molar-refractivity contribution >= 4 is 29.7 Å². The smallest absolute Gasteiger partial charge is 0.269 e. The van der Waals surface area contributed by atoms with Crippen molar-refractivity contribution < 1.29 is 13.2 Å². The van der Waals surface area contributed by atoms with Gasteiger partial charge in [0, 0.05) is 33.3 Å². The summed E-state index contributed by atoms with van der Waals surface area (Å²) in [5.74, 6) is 0.434. The average molecular weight is 382 g/mol. The third-order valence-electron chi connectivity index (χ3n) is 3.36. The fraction of sp³-hybridized carbons (Fsp3) is 0.400. The molecule has 0 saturated carbocycles. The minimum absolute atomic E-state index is 0.0150. The SMILES string of the molecule is C[Si](C)(C)CCOCN(c1cnccn1)S(=O)(=O)c1ccc(N)nc1. The minimum atomic E-state index is -3.89. The van der Waals surface area contributed by atoms with Gasteiger partial charge < -0.3 is 10.5 Å². The monoisotopic (exact) mass is 381 g/mol. The van der Waals surface area contributed by atoms with Crippen LogP contribution in [0.2, 0.25) is 25.7 Å². The Morgan fingerprint density at radius 1 is 1.16 bits per heavy atom. The zero-order valence-electron chi connectivity index (χ0n) is 14.6. The molecule has 2 heterocycles. The lowest BCUT2D eigenvalue weighted by Gasteiger charge is -2.23. The van der Waals surface area contributed by atoms with Crippen molar-refractivity contribution in [1.29, 1.82) is 0 Å². The number of nitrogens with two attached hydrogens (primary N) is 1. The van der Waals surface area contributed by atoms with Gasteiger partial charge in [-0.15, -0.1) is 0 Å². The molecule has 2 rings (SSSR count). The molecule has 8 nitrogen and oxygen atoms in total. The summed E-state index contributed by atoms with van der Waals surface area (Å²) < 4.78 is 32.6. The van der Waals surface area contributed by atoms with Crippen LogP contribution in [-0.2, 0) is 14.8 Å². The van der Waals surface area contributed by atoms with Gasteiger partial charge in [0.05, 0.1) is 6.20 Å². The molecule has 0 fully saturated rings. The number of pyridine rings is 1. The van der Waals surface area contributed by atoms with Gasteiger partial charge in [0.1, 0.15) is 17.4 Å². The number of aromatic nitrogens is 3. The second-order valence-electron chi connectivity index (χ2n) is 6.68. The molecular weight excluding hydrogens is 358 g/mol. The Morgan fingerprint density at radius 2 is 1.92 bits per heavy atom. The van der Waals surface area contributed by atoms with Gasteiger partial charge in [0.2, 0.25) is 0 Å². The number of sulfonamides is 1. The van der Waals surface area contributed by atoms with E-state index in [9.17, 15) is 8.42 Å². The lowest BCUT2D eigenvalue weighted by molar-refractivity contribution is 0.156. The van der Waals surface area contributed by atoms with Gasteiger partial charge in [-0.2, -0.15) is 0 Å². The molecule has 0 aliphatic heterocycles. The van der Waals surface area contributed by atoms with Crippen LogP contribution in [0.25, 0.3) is 0 Å². The molecule has 0 amide bonds. The summed E-state index contributed by atoms with van der Waals surface area (Å²) in [6.07, 6.45) is 5.51. The van der Waals surface area contributed by atoms with Crippen molar-refractivity contribution in [2.45, 2.75) is 30.6 Å². The lowest BCUT2D eigenvalue weighted by atomic mass is 10.5. The van der Waals surface area contributed by atoms with Crippen LogP contribution in [0.3, 0.4) is 0 Å². The fourth-order valence-corrected chi connectivity index (χ4v) is 3.87. The highest BCUT2D eigenvalue weighted by molar-refractivity contribution is 7.92. The highest BCUT2D eigenvalue weighted by atomic mass is 32.2. The molecule has 10 heteroatoms. The maximum atomic E-state index is 12.9. The molecule has 2 aromatic heterocycles. The van der Waals surface area contributed by atoms with Crippen molar-refractivity contribution in [3.8, 4) is 0 Å². The zero-order valence-corrected chi connectivity index (χ0v) is 16.4. The summed E-state index contributed by atoms with van der Waals surface area (Å²) >= 11 is 0. The van der Waals surface area contributed by atoms with Crippen LogP contribution >= 0.6 is 0 Å². The van der Waals surface area contributed by atoms with Crippen LogP contribution < -0.4 is 10.0 Å². The number of nitrogens with zero attached hydrogens (tertiary/aromatic N) is 4. The van der Waals surface area contributed by atoms with E-state index in [1.807, 2.05) is 0 Å². The number of rotatable bonds is 8. The van der Waals surface area contributed by atoms with Crippen LogP contribution in [0, 0.1) is 0 Å². The molecule has 0 unspecified atom stereocenters. The molecule has 2 N–H and O–H groups in total. The third-order valence-corrected chi connectivity index (χ3v) is 6.77. The predicted molar refractivity (Wildman–Crippen MR) is 99.3 cm³/mol. The Labute approximate surface area is 149 Å². The maximum Gasteiger partial charge on any atom is 0.269 e. The van der Waals surface area contributed by atoms with E-state index in [0.29, 0.717) is 6.61 Å². The molecule has 2 aromatic rings. The van der Waals surface area contributed by atoms with E-state index in [1.165, 1.54) is 36.9 Å². The molecule has 0 bridgehead atoms. The highest BCUT2D eigenvalue weighted by Crippen LogP contribution is 2.21. The molecule has 0 atom stereocenters. The molecule has 136 valence electrons. The van der Waals surface area contributed by atoms with Crippen molar-refractivity contribution in [2.75, 3.05) is 23.4 Å². The molecule has 25 heavy (non-hydrogen) atoms. The minimum Gasteiger partial charge on any atom is -0.384 e. The Balaban J connectivity index is 2.24. The van der Waals surface area contributed by atoms with E-state index in [0.717, 1.165) is 10.3 Å². The predicted octanol–water partition coefficient (Wildman–Crippen LogP) is 1.96. The Morgan fingerprint density at radius 3 is 2.48 bits per heavy atom. The van der Waals surface area contributed by atoms with Gasteiger partial charge in [0.15, 0.2) is 5.82 Å². The number of nitrogen functional groups attached to an aromatic ring is 1. The molecule has 0 spiro atoms. The quantitative estimate of drug-likeness (QED) is 0.422. The summed E-state index contributed by atoms with van der Waals surface area (Å²) in [6.45, 7) is 7.03. The Bertz CT molecular complexity index is 779. The number of anilines is 2. The van der Waals surface area contributed by atoms with E-state index < -0.39 is 18.1 Å². The molecule has 0 aromatic carbocycles. The van der Waals surface area contributed by atoms with E-state index in [4.69, 9.17) is 10.5 Å². The van der Waals surface area contributed by atoms with Gasteiger partial charge >= 0.3 is 0 Å². The highest BCUT2D eigenvalue weighted by Gasteiger charge is 2.27. The molecule has 0 radical (unpaired) electrons. The summed E-state index contributed by atoms with van der Waals surface area (Å²) in [4.78, 5) is 11.9. The second kappa shape index (κ2) is 7.89. The van der Waals surface area contributed by atoms with E-state index in [2.05, 4.69) is 34.6 Å². The van der Waals surface area contributed by atoms with E-state index in [-0.39, 0.29) is 23.3 Å². The first-order valence-corrected chi connectivity index (χ1v) is 12.9. The van der Waals surface area contributed by atoms with Gasteiger partial charge in [-0.25, -0.2) is 22.7 Å². The first-order chi connectivity index (χ1) is 11.7. The van der Waals surface area contributed by atoms with Crippen LogP contribution in [0.1, 0.15) is 0 Å². The molecule has 0 aliphatic rings. The Hall–Kier alpha value is -2.04. The van der Waals surface area contributed by atoms with Crippen LogP contribution in [-0.4, -0.2) is 44.8 Å². The fourth-order valence-electron chi connectivity index (χ4n) is 1.88. The lowest BCUT2D eigenvalue weighted by Crippen LogP contribution is -2.35. The van der Waals surface area contributed by atoms with Crippen LogP contribution in [0.15, 0.2) is 41.8 Å². The normalized spacial score (nSPS) is 12.1. The first kappa shape index (κ1) is 19.3. The number of ether oxygens (including phenoxy) is 1. The van der Waals surface area contributed by atoms with Gasteiger partial charge in [-0.05, 0) is 18.2 Å². The number of hydrogen-bond acceptors (Lipinski definition) is 7. The summed E-state index contributed by atoms with van der Waals surface area (Å²) in [6, 6.07) is 3.78. The molecule has 0 saturated heterocycles. The third kappa shape index (κ3) is 5.48. The van der Waals surface area contributed by atoms with Crippen molar-refractivity contribution in [1.82, 2.24) is 15.0 Å². The van der Waals surface area contributed by atoms with Crippen molar-refractivity contribution in [3.05, 3.63) is 36.9 Å². The van der Waals surface area contributed by atoms with E-state index in [1.54, 1.807) is 0 Å². The van der Waals surface area contributed by atoms with E-state index >= 15 is 0 Å². The maximum absolute atomic E-state index is 12.9. The second-order valence-corrected chi connectivity index (χ2v) is 14.2. The van der Waals surface area contributed by atoms with Gasteiger partial charge in [0.25, 0.3) is 10.0 Å². The van der Waals surface area contributed by atoms with Crippen LogP contribution in [0.4, 0.5) is 11.6 Å². The topological polar surface area (TPSA) is 111 Å². The standard InChI is InChI=1S/C15H23N5O3SSi/c1-25(2,3)9-8-23-12-20(15-11-17-6-7-18-15)24(21,22)13-4-5-14(16)19-10-13/h4-7,10-11H,8-9,12H2,1-3H3,(H2,16,19). The Kier molecular flexibility index (Phi) is 6.09. The summed E-state index contributed by atoms with van der Waals surface area (Å²) in [5, 5.41) is 0.